The first kappa shape index (κ1) is 18.5. The molecule has 0 aliphatic heterocycles. The molecule has 1 aromatic rings. The maximum Gasteiger partial charge on any atom is 0.573 e. The van der Waals surface area contributed by atoms with E-state index >= 15 is 0 Å². The molecule has 0 heterocycles. The predicted octanol–water partition coefficient (Wildman–Crippen LogP) is 4.96. The molecule has 0 aliphatic rings. The van der Waals surface area contributed by atoms with Crippen molar-refractivity contribution in [2.24, 2.45) is 5.73 Å². The smallest absolute Gasteiger partial charge is 0.406 e. The van der Waals surface area contributed by atoms with Gasteiger partial charge in [0.25, 0.3) is 0 Å². The van der Waals surface area contributed by atoms with E-state index in [0.29, 0.717) is 10.0 Å². The van der Waals surface area contributed by atoms with E-state index in [4.69, 9.17) is 5.73 Å². The van der Waals surface area contributed by atoms with Crippen LogP contribution in [0.1, 0.15) is 37.8 Å². The Bertz CT molecular complexity index is 401. The van der Waals surface area contributed by atoms with E-state index in [0.717, 1.165) is 19.3 Å². The monoisotopic (exact) mass is 361 g/mol. The van der Waals surface area contributed by atoms with Crippen LogP contribution in [0.15, 0.2) is 22.7 Å². The van der Waals surface area contributed by atoms with Gasteiger partial charge in [0, 0.05) is 10.5 Å². The van der Waals surface area contributed by atoms with E-state index < -0.39 is 6.36 Å². The lowest BCUT2D eigenvalue weighted by molar-refractivity contribution is -0.274. The van der Waals surface area contributed by atoms with Crippen molar-refractivity contribution in [2.45, 2.75) is 38.6 Å². The van der Waals surface area contributed by atoms with Crippen LogP contribution in [0.2, 0.25) is 0 Å². The topological polar surface area (TPSA) is 35.2 Å². The highest BCUT2D eigenvalue weighted by Crippen LogP contribution is 2.30. The van der Waals surface area contributed by atoms with Crippen LogP contribution >= 0.6 is 28.3 Å². The van der Waals surface area contributed by atoms with Gasteiger partial charge in [0.15, 0.2) is 0 Å². The number of unbranched alkanes of at least 4 members (excludes halogenated alkanes) is 1. The normalized spacial score (nSPS) is 12.7. The zero-order valence-electron chi connectivity index (χ0n) is 10.3. The number of hydrogen-bond acceptors (Lipinski definition) is 2. The zero-order chi connectivity index (χ0) is 13.8. The minimum atomic E-state index is -4.69. The van der Waals surface area contributed by atoms with E-state index in [2.05, 4.69) is 20.7 Å². The highest BCUT2D eigenvalue weighted by molar-refractivity contribution is 9.10. The number of hydrogen-bond donors (Lipinski definition) is 1. The van der Waals surface area contributed by atoms with Crippen molar-refractivity contribution in [3.8, 4) is 5.75 Å². The van der Waals surface area contributed by atoms with Gasteiger partial charge in [-0.1, -0.05) is 35.7 Å². The van der Waals surface area contributed by atoms with Crippen molar-refractivity contribution in [1.82, 2.24) is 0 Å². The van der Waals surface area contributed by atoms with Crippen molar-refractivity contribution >= 4 is 28.3 Å². The summed E-state index contributed by atoms with van der Waals surface area (Å²) in [7, 11) is 0. The highest BCUT2D eigenvalue weighted by atomic mass is 79.9. The number of rotatable bonds is 5. The summed E-state index contributed by atoms with van der Waals surface area (Å²) < 4.78 is 40.8. The molecule has 0 fully saturated rings. The molecule has 0 spiro atoms. The summed E-state index contributed by atoms with van der Waals surface area (Å²) in [5.41, 5.74) is 6.56. The summed E-state index contributed by atoms with van der Waals surface area (Å²) in [6, 6.07) is 4.03. The second kappa shape index (κ2) is 7.97. The first-order valence-corrected chi connectivity index (χ1v) is 6.43. The van der Waals surface area contributed by atoms with E-state index in [1.807, 2.05) is 6.92 Å². The van der Waals surface area contributed by atoms with Gasteiger partial charge in [0.2, 0.25) is 0 Å². The number of benzene rings is 1. The molecular weight excluding hydrogens is 346 g/mol. The van der Waals surface area contributed by atoms with Gasteiger partial charge in [-0.05, 0) is 30.2 Å². The molecule has 0 unspecified atom stereocenters. The average Bonchev–Trinajstić information content (AvgIpc) is 2.22. The molecule has 1 atom stereocenters. The molecule has 0 amide bonds. The summed E-state index contributed by atoms with van der Waals surface area (Å²) in [5, 5.41) is 0. The lowest BCUT2D eigenvalue weighted by Crippen LogP contribution is -2.18. The molecule has 0 radical (unpaired) electrons. The van der Waals surface area contributed by atoms with E-state index in [1.54, 1.807) is 6.07 Å². The Morgan fingerprint density at radius 2 is 1.95 bits per heavy atom. The molecule has 1 aromatic carbocycles. The van der Waals surface area contributed by atoms with Crippen LogP contribution in [-0.2, 0) is 0 Å². The minimum absolute atomic E-state index is 0. The maximum atomic E-state index is 12.1. The Hall–Kier alpha value is -0.460. The fourth-order valence-corrected chi connectivity index (χ4v) is 2.07. The Labute approximate surface area is 125 Å². The van der Waals surface area contributed by atoms with Crippen LogP contribution in [0, 0.1) is 0 Å². The summed E-state index contributed by atoms with van der Waals surface area (Å²) >= 11 is 3.15. The molecular formula is C12H16BrClF3NO. The number of ether oxygens (including phenoxy) is 1. The van der Waals surface area contributed by atoms with Crippen LogP contribution < -0.4 is 10.5 Å². The summed E-state index contributed by atoms with van der Waals surface area (Å²) in [6.45, 7) is 2.03. The largest absolute Gasteiger partial charge is 0.573 e. The van der Waals surface area contributed by atoms with Crippen molar-refractivity contribution < 1.29 is 17.9 Å². The van der Waals surface area contributed by atoms with E-state index in [1.165, 1.54) is 12.1 Å². The molecule has 19 heavy (non-hydrogen) atoms. The fraction of sp³-hybridized carbons (Fsp3) is 0.500. The van der Waals surface area contributed by atoms with Gasteiger partial charge >= 0.3 is 6.36 Å². The third-order valence-electron chi connectivity index (χ3n) is 2.42. The van der Waals surface area contributed by atoms with Crippen molar-refractivity contribution in [3.05, 3.63) is 28.2 Å². The fourth-order valence-electron chi connectivity index (χ4n) is 1.58. The zero-order valence-corrected chi connectivity index (χ0v) is 12.7. The van der Waals surface area contributed by atoms with Gasteiger partial charge in [-0.15, -0.1) is 25.6 Å². The first-order chi connectivity index (χ1) is 8.31. The number of halogens is 5. The predicted molar refractivity (Wildman–Crippen MR) is 74.5 cm³/mol. The van der Waals surface area contributed by atoms with Crippen LogP contribution in [0.25, 0.3) is 0 Å². The first-order valence-electron chi connectivity index (χ1n) is 5.63. The van der Waals surface area contributed by atoms with Gasteiger partial charge in [0.1, 0.15) is 5.75 Å². The molecule has 1 rings (SSSR count). The second-order valence-corrected chi connectivity index (χ2v) is 4.93. The molecule has 0 aliphatic carbocycles. The van der Waals surface area contributed by atoms with Crippen LogP contribution in [-0.4, -0.2) is 6.36 Å². The third kappa shape index (κ3) is 7.03. The van der Waals surface area contributed by atoms with Crippen LogP contribution in [0.3, 0.4) is 0 Å². The van der Waals surface area contributed by atoms with Gasteiger partial charge in [-0.3, -0.25) is 0 Å². The Morgan fingerprint density at radius 1 is 1.32 bits per heavy atom. The van der Waals surface area contributed by atoms with Gasteiger partial charge in [-0.25, -0.2) is 0 Å². The van der Waals surface area contributed by atoms with Crippen molar-refractivity contribution in [2.75, 3.05) is 0 Å². The summed E-state index contributed by atoms with van der Waals surface area (Å²) in [5.74, 6) is -0.251. The lowest BCUT2D eigenvalue weighted by Gasteiger charge is -2.15. The quantitative estimate of drug-likeness (QED) is 0.803. The minimum Gasteiger partial charge on any atom is -0.406 e. The molecule has 0 bridgehead atoms. The summed E-state index contributed by atoms with van der Waals surface area (Å²) in [6.07, 6.45) is -2.03. The van der Waals surface area contributed by atoms with Gasteiger partial charge in [0.05, 0.1) is 0 Å². The molecule has 2 nitrogen and oxygen atoms in total. The molecule has 7 heteroatoms. The average molecular weight is 363 g/mol. The Kier molecular flexibility index (Phi) is 7.78. The SMILES string of the molecule is CCCC[C@H](N)c1cc(Br)cc(OC(F)(F)F)c1.Cl. The van der Waals surface area contributed by atoms with Crippen molar-refractivity contribution in [3.63, 3.8) is 0 Å². The standard InChI is InChI=1S/C12H15BrF3NO.ClH/c1-2-3-4-11(17)8-5-9(13)7-10(6-8)18-12(14,15)16;/h5-7,11H,2-4,17H2,1H3;1H/t11-;/m0./s1. The molecule has 2 N–H and O–H groups in total. The van der Waals surface area contributed by atoms with Gasteiger partial charge < -0.3 is 10.5 Å². The maximum absolute atomic E-state index is 12.1. The molecule has 0 saturated heterocycles. The lowest BCUT2D eigenvalue weighted by atomic mass is 10.0. The Morgan fingerprint density at radius 3 is 2.47 bits per heavy atom. The summed E-state index contributed by atoms with van der Waals surface area (Å²) in [4.78, 5) is 0. The molecule has 0 saturated carbocycles. The molecule has 0 aromatic heterocycles. The van der Waals surface area contributed by atoms with Crippen molar-refractivity contribution in [1.29, 1.82) is 0 Å². The van der Waals surface area contributed by atoms with Gasteiger partial charge in [-0.2, -0.15) is 0 Å². The number of alkyl halides is 3. The second-order valence-electron chi connectivity index (χ2n) is 4.02. The Balaban J connectivity index is 0.00000324. The highest BCUT2D eigenvalue weighted by Gasteiger charge is 2.31. The van der Waals surface area contributed by atoms with Crippen LogP contribution in [0.4, 0.5) is 13.2 Å². The third-order valence-corrected chi connectivity index (χ3v) is 2.88. The molecule has 110 valence electrons. The van der Waals surface area contributed by atoms with E-state index in [-0.39, 0.29) is 24.2 Å². The van der Waals surface area contributed by atoms with Crippen LogP contribution in [0.5, 0.6) is 5.75 Å². The number of nitrogens with two attached hydrogens (primary N) is 1. The van der Waals surface area contributed by atoms with E-state index in [9.17, 15) is 13.2 Å².